The van der Waals surface area contributed by atoms with E-state index in [1.165, 1.54) is 6.92 Å². The fourth-order valence-corrected chi connectivity index (χ4v) is 2.71. The number of fused-ring (bicyclic) bond motifs is 1. The third-order valence-corrected chi connectivity index (χ3v) is 4.00. The summed E-state index contributed by atoms with van der Waals surface area (Å²) in [6, 6.07) is 14.2. The van der Waals surface area contributed by atoms with Crippen molar-refractivity contribution in [1.82, 2.24) is 10.9 Å². The number of anilines is 1. The Morgan fingerprint density at radius 1 is 0.963 bits per heavy atom. The molecule has 138 valence electrons. The van der Waals surface area contributed by atoms with Gasteiger partial charge in [0, 0.05) is 23.6 Å². The zero-order valence-electron chi connectivity index (χ0n) is 15.0. The average Bonchev–Trinajstić information content (AvgIpc) is 2.98. The van der Waals surface area contributed by atoms with Crippen LogP contribution in [0.3, 0.4) is 0 Å². The van der Waals surface area contributed by atoms with Crippen molar-refractivity contribution < 1.29 is 18.8 Å². The van der Waals surface area contributed by atoms with E-state index in [9.17, 15) is 14.4 Å². The molecule has 0 atom stereocenters. The van der Waals surface area contributed by atoms with Crippen molar-refractivity contribution in [1.29, 1.82) is 0 Å². The molecule has 0 unspecified atom stereocenters. The van der Waals surface area contributed by atoms with E-state index in [-0.39, 0.29) is 24.0 Å². The minimum atomic E-state index is -0.516. The van der Waals surface area contributed by atoms with Crippen molar-refractivity contribution >= 4 is 34.4 Å². The Bertz CT molecular complexity index is 1010. The quantitative estimate of drug-likeness (QED) is 0.619. The van der Waals surface area contributed by atoms with Gasteiger partial charge in [-0.15, -0.1) is 0 Å². The molecule has 0 radical (unpaired) electrons. The number of aryl methyl sites for hydroxylation is 1. The second-order valence-corrected chi connectivity index (χ2v) is 6.11. The zero-order valence-corrected chi connectivity index (χ0v) is 15.0. The van der Waals surface area contributed by atoms with E-state index in [0.717, 1.165) is 10.9 Å². The van der Waals surface area contributed by atoms with Crippen molar-refractivity contribution in [2.45, 2.75) is 20.3 Å². The Morgan fingerprint density at radius 3 is 2.33 bits per heavy atom. The summed E-state index contributed by atoms with van der Waals surface area (Å²) in [7, 11) is 0. The van der Waals surface area contributed by atoms with Gasteiger partial charge in [0.25, 0.3) is 0 Å². The predicted octanol–water partition coefficient (Wildman–Crippen LogP) is 2.70. The molecule has 0 spiro atoms. The van der Waals surface area contributed by atoms with E-state index in [0.29, 0.717) is 16.8 Å². The van der Waals surface area contributed by atoms with Crippen LogP contribution < -0.4 is 16.2 Å². The number of para-hydroxylation sites is 1. The summed E-state index contributed by atoms with van der Waals surface area (Å²) in [5, 5.41) is 3.51. The van der Waals surface area contributed by atoms with E-state index in [1.807, 2.05) is 18.2 Å². The highest BCUT2D eigenvalue weighted by atomic mass is 16.3. The van der Waals surface area contributed by atoms with Crippen molar-refractivity contribution in [2.75, 3.05) is 5.32 Å². The Hall–Kier alpha value is -3.61. The highest BCUT2D eigenvalue weighted by molar-refractivity contribution is 5.99. The van der Waals surface area contributed by atoms with Gasteiger partial charge in [0.15, 0.2) is 5.76 Å². The van der Waals surface area contributed by atoms with Gasteiger partial charge >= 0.3 is 5.91 Å². The van der Waals surface area contributed by atoms with E-state index in [4.69, 9.17) is 4.42 Å². The molecular formula is C20H19N3O4. The van der Waals surface area contributed by atoms with Crippen LogP contribution in [0.5, 0.6) is 0 Å². The maximum Gasteiger partial charge on any atom is 0.305 e. The lowest BCUT2D eigenvalue weighted by molar-refractivity contribution is -0.121. The standard InChI is InChI=1S/C20H19N3O4/c1-12-16-5-3-4-6-17(16)27-19(12)20(26)23-22-18(25)11-14-7-9-15(10-8-14)21-13(2)24/h3-10H,11H2,1-2H3,(H,21,24)(H,22,25)(H,23,26). The van der Waals surface area contributed by atoms with Crippen LogP contribution in [-0.4, -0.2) is 17.7 Å². The van der Waals surface area contributed by atoms with Gasteiger partial charge in [-0.3, -0.25) is 25.2 Å². The molecular weight excluding hydrogens is 346 g/mol. The van der Waals surface area contributed by atoms with Gasteiger partial charge in [-0.25, -0.2) is 0 Å². The third kappa shape index (κ3) is 4.33. The number of carbonyl (C=O) groups is 3. The summed E-state index contributed by atoms with van der Waals surface area (Å²) in [4.78, 5) is 35.3. The van der Waals surface area contributed by atoms with Crippen molar-refractivity contribution in [3.05, 3.63) is 65.4 Å². The summed E-state index contributed by atoms with van der Waals surface area (Å²) < 4.78 is 5.56. The maximum absolute atomic E-state index is 12.3. The SMILES string of the molecule is CC(=O)Nc1ccc(CC(=O)NNC(=O)c2oc3ccccc3c2C)cc1. The number of nitrogens with one attached hydrogen (secondary N) is 3. The number of rotatable bonds is 4. The van der Waals surface area contributed by atoms with Crippen LogP contribution in [0, 0.1) is 6.92 Å². The lowest BCUT2D eigenvalue weighted by atomic mass is 10.1. The summed E-state index contributed by atoms with van der Waals surface area (Å²) in [5.74, 6) is -0.886. The summed E-state index contributed by atoms with van der Waals surface area (Å²) >= 11 is 0. The number of amides is 3. The van der Waals surface area contributed by atoms with E-state index >= 15 is 0 Å². The molecule has 0 fully saturated rings. The topological polar surface area (TPSA) is 100 Å². The molecule has 0 aliphatic rings. The van der Waals surface area contributed by atoms with Crippen molar-refractivity contribution in [3.8, 4) is 0 Å². The number of hydrogen-bond donors (Lipinski definition) is 3. The molecule has 1 aromatic heterocycles. The molecule has 0 saturated heterocycles. The smallest absolute Gasteiger partial charge is 0.305 e. The van der Waals surface area contributed by atoms with Gasteiger partial charge in [-0.05, 0) is 30.7 Å². The van der Waals surface area contributed by atoms with Crippen LogP contribution in [0.1, 0.15) is 28.6 Å². The fraction of sp³-hybridized carbons (Fsp3) is 0.150. The number of hydrazine groups is 1. The molecule has 0 aliphatic carbocycles. The van der Waals surface area contributed by atoms with E-state index < -0.39 is 5.91 Å². The monoisotopic (exact) mass is 365 g/mol. The first-order valence-corrected chi connectivity index (χ1v) is 8.38. The van der Waals surface area contributed by atoms with Gasteiger partial charge in [-0.1, -0.05) is 30.3 Å². The van der Waals surface area contributed by atoms with Gasteiger partial charge in [-0.2, -0.15) is 0 Å². The molecule has 7 nitrogen and oxygen atoms in total. The third-order valence-electron chi connectivity index (χ3n) is 4.00. The zero-order chi connectivity index (χ0) is 19.4. The molecule has 3 amide bonds. The lowest BCUT2D eigenvalue weighted by Gasteiger charge is -2.07. The predicted molar refractivity (Wildman–Crippen MR) is 101 cm³/mol. The van der Waals surface area contributed by atoms with Gasteiger partial charge < -0.3 is 9.73 Å². The molecule has 7 heteroatoms. The first kappa shape index (κ1) is 18.2. The van der Waals surface area contributed by atoms with E-state index in [2.05, 4.69) is 16.2 Å². The van der Waals surface area contributed by atoms with Gasteiger partial charge in [0.1, 0.15) is 5.58 Å². The van der Waals surface area contributed by atoms with Gasteiger partial charge in [0.05, 0.1) is 6.42 Å². The minimum Gasteiger partial charge on any atom is -0.451 e. The molecule has 3 aromatic rings. The summed E-state index contributed by atoms with van der Waals surface area (Å²) in [6.07, 6.45) is 0.0831. The van der Waals surface area contributed by atoms with Crippen LogP contribution in [0.4, 0.5) is 5.69 Å². The Morgan fingerprint density at radius 2 is 1.67 bits per heavy atom. The van der Waals surface area contributed by atoms with Crippen molar-refractivity contribution in [2.24, 2.45) is 0 Å². The Labute approximate surface area is 155 Å². The molecule has 27 heavy (non-hydrogen) atoms. The first-order valence-electron chi connectivity index (χ1n) is 8.38. The van der Waals surface area contributed by atoms with Crippen LogP contribution in [-0.2, 0) is 16.0 Å². The molecule has 0 bridgehead atoms. The number of furan rings is 1. The van der Waals surface area contributed by atoms with Crippen molar-refractivity contribution in [3.63, 3.8) is 0 Å². The normalized spacial score (nSPS) is 10.4. The Kier molecular flexibility index (Phi) is 5.21. The van der Waals surface area contributed by atoms with E-state index in [1.54, 1.807) is 37.3 Å². The number of carbonyl (C=O) groups excluding carboxylic acids is 3. The highest BCUT2D eigenvalue weighted by Gasteiger charge is 2.17. The lowest BCUT2D eigenvalue weighted by Crippen LogP contribution is -2.42. The summed E-state index contributed by atoms with van der Waals surface area (Å²) in [6.45, 7) is 3.22. The second kappa shape index (κ2) is 7.74. The largest absolute Gasteiger partial charge is 0.451 e. The highest BCUT2D eigenvalue weighted by Crippen LogP contribution is 2.24. The second-order valence-electron chi connectivity index (χ2n) is 6.11. The fourth-order valence-electron chi connectivity index (χ4n) is 2.71. The molecule has 2 aromatic carbocycles. The summed E-state index contributed by atoms with van der Waals surface area (Å²) in [5.41, 5.74) is 7.48. The van der Waals surface area contributed by atoms with Crippen LogP contribution in [0.25, 0.3) is 11.0 Å². The van der Waals surface area contributed by atoms with Gasteiger partial charge in [0.2, 0.25) is 11.8 Å². The minimum absolute atomic E-state index is 0.0831. The molecule has 0 saturated carbocycles. The molecule has 3 N–H and O–H groups in total. The maximum atomic E-state index is 12.3. The van der Waals surface area contributed by atoms with Crippen LogP contribution >= 0.6 is 0 Å². The first-order chi connectivity index (χ1) is 12.9. The molecule has 0 aliphatic heterocycles. The van der Waals surface area contributed by atoms with Crippen LogP contribution in [0.15, 0.2) is 52.9 Å². The average molecular weight is 365 g/mol. The number of hydrogen-bond acceptors (Lipinski definition) is 4. The number of benzene rings is 2. The molecule has 3 rings (SSSR count). The Balaban J connectivity index is 1.57. The molecule has 1 heterocycles. The van der Waals surface area contributed by atoms with Crippen LogP contribution in [0.2, 0.25) is 0 Å².